The van der Waals surface area contributed by atoms with Crippen molar-refractivity contribution in [3.05, 3.63) is 12.2 Å². The second kappa shape index (κ2) is 4.47. The molecule has 0 aromatic carbocycles. The van der Waals surface area contributed by atoms with Crippen molar-refractivity contribution in [1.29, 1.82) is 0 Å². The number of piperidine rings is 1. The van der Waals surface area contributed by atoms with E-state index in [9.17, 15) is 0 Å². The topological polar surface area (TPSA) is 38.0 Å². The van der Waals surface area contributed by atoms with Crippen LogP contribution in [0, 0.1) is 5.92 Å². The van der Waals surface area contributed by atoms with E-state index in [4.69, 9.17) is 5.73 Å². The molecule has 0 radical (unpaired) electrons. The highest BCUT2D eigenvalue weighted by Gasteiger charge is 2.07. The number of hydrogen-bond acceptors (Lipinski definition) is 2. The summed E-state index contributed by atoms with van der Waals surface area (Å²) < 4.78 is 0. The zero-order chi connectivity index (χ0) is 7.23. The highest BCUT2D eigenvalue weighted by molar-refractivity contribution is 4.91. The summed E-state index contributed by atoms with van der Waals surface area (Å²) >= 11 is 0. The first-order valence-corrected chi connectivity index (χ1v) is 4.01. The van der Waals surface area contributed by atoms with Crippen LogP contribution in [-0.4, -0.2) is 19.6 Å². The maximum atomic E-state index is 5.34. The Bertz CT molecular complexity index is 104. The van der Waals surface area contributed by atoms with E-state index in [1.54, 1.807) is 0 Å². The largest absolute Gasteiger partial charge is 0.327 e. The third-order valence-electron chi connectivity index (χ3n) is 1.93. The molecule has 1 aliphatic heterocycles. The van der Waals surface area contributed by atoms with Gasteiger partial charge in [0.2, 0.25) is 0 Å². The molecular weight excluding hydrogens is 124 g/mol. The van der Waals surface area contributed by atoms with Crippen LogP contribution in [0.15, 0.2) is 12.2 Å². The molecule has 0 unspecified atom stereocenters. The van der Waals surface area contributed by atoms with Gasteiger partial charge in [-0.15, -0.1) is 0 Å². The van der Waals surface area contributed by atoms with Crippen molar-refractivity contribution in [2.45, 2.75) is 12.8 Å². The van der Waals surface area contributed by atoms with E-state index >= 15 is 0 Å². The van der Waals surface area contributed by atoms with Crippen molar-refractivity contribution in [1.82, 2.24) is 5.32 Å². The summed E-state index contributed by atoms with van der Waals surface area (Å²) in [6, 6.07) is 0. The first kappa shape index (κ1) is 7.76. The molecule has 0 aromatic rings. The van der Waals surface area contributed by atoms with Gasteiger partial charge in [-0.2, -0.15) is 0 Å². The maximum Gasteiger partial charge on any atom is 0.0106 e. The van der Waals surface area contributed by atoms with E-state index in [0.717, 1.165) is 5.92 Å². The zero-order valence-electron chi connectivity index (χ0n) is 6.34. The van der Waals surface area contributed by atoms with E-state index in [1.807, 2.05) is 0 Å². The number of hydrogen-bond donors (Lipinski definition) is 2. The van der Waals surface area contributed by atoms with Crippen LogP contribution in [0.25, 0.3) is 0 Å². The van der Waals surface area contributed by atoms with Crippen molar-refractivity contribution in [2.24, 2.45) is 11.7 Å². The highest BCUT2D eigenvalue weighted by atomic mass is 14.9. The lowest BCUT2D eigenvalue weighted by Gasteiger charge is -2.18. The molecule has 1 fully saturated rings. The minimum atomic E-state index is 0.684. The molecule has 0 atom stereocenters. The number of rotatable bonds is 2. The Kier molecular flexibility index (Phi) is 3.47. The van der Waals surface area contributed by atoms with Gasteiger partial charge in [0, 0.05) is 6.54 Å². The fourth-order valence-electron chi connectivity index (χ4n) is 1.31. The summed E-state index contributed by atoms with van der Waals surface area (Å²) in [5, 5.41) is 3.33. The Morgan fingerprint density at radius 3 is 2.70 bits per heavy atom. The van der Waals surface area contributed by atoms with Crippen LogP contribution >= 0.6 is 0 Å². The van der Waals surface area contributed by atoms with E-state index in [0.29, 0.717) is 6.54 Å². The zero-order valence-corrected chi connectivity index (χ0v) is 6.34. The van der Waals surface area contributed by atoms with Crippen LogP contribution in [0.4, 0.5) is 0 Å². The lowest BCUT2D eigenvalue weighted by atomic mass is 9.98. The first-order chi connectivity index (χ1) is 4.93. The van der Waals surface area contributed by atoms with Gasteiger partial charge in [0.05, 0.1) is 0 Å². The molecule has 0 spiro atoms. The van der Waals surface area contributed by atoms with E-state index in [2.05, 4.69) is 17.5 Å². The normalized spacial score (nSPS) is 22.1. The minimum Gasteiger partial charge on any atom is -0.327 e. The monoisotopic (exact) mass is 140 g/mol. The average Bonchev–Trinajstić information content (AvgIpc) is 2.03. The molecule has 3 N–H and O–H groups in total. The standard InChI is InChI=1S/C8H16N2/c9-5-1-2-8-3-6-10-7-4-8/h1-2,8,10H,3-7,9H2/b2-1+. The SMILES string of the molecule is NC/C=C/C1CCNCC1. The van der Waals surface area contributed by atoms with Crippen molar-refractivity contribution >= 4 is 0 Å². The molecule has 2 heteroatoms. The van der Waals surface area contributed by atoms with Gasteiger partial charge in [-0.1, -0.05) is 12.2 Å². The van der Waals surface area contributed by atoms with Gasteiger partial charge in [-0.25, -0.2) is 0 Å². The molecule has 1 rings (SSSR count). The van der Waals surface area contributed by atoms with Crippen molar-refractivity contribution in [3.8, 4) is 0 Å². The average molecular weight is 140 g/mol. The van der Waals surface area contributed by atoms with E-state index in [-0.39, 0.29) is 0 Å². The number of nitrogens with two attached hydrogens (primary N) is 1. The fraction of sp³-hybridized carbons (Fsp3) is 0.750. The molecule has 0 saturated carbocycles. The Balaban J connectivity index is 2.19. The second-order valence-corrected chi connectivity index (χ2v) is 2.75. The minimum absolute atomic E-state index is 0.684. The fourth-order valence-corrected chi connectivity index (χ4v) is 1.31. The molecule has 10 heavy (non-hydrogen) atoms. The molecule has 1 heterocycles. The van der Waals surface area contributed by atoms with Crippen LogP contribution in [0.1, 0.15) is 12.8 Å². The van der Waals surface area contributed by atoms with E-state index < -0.39 is 0 Å². The number of nitrogens with one attached hydrogen (secondary N) is 1. The van der Waals surface area contributed by atoms with Crippen LogP contribution in [-0.2, 0) is 0 Å². The predicted molar refractivity (Wildman–Crippen MR) is 43.8 cm³/mol. The maximum absolute atomic E-state index is 5.34. The van der Waals surface area contributed by atoms with Gasteiger partial charge in [0.1, 0.15) is 0 Å². The summed E-state index contributed by atoms with van der Waals surface area (Å²) in [6.45, 7) is 3.02. The van der Waals surface area contributed by atoms with Gasteiger partial charge < -0.3 is 11.1 Å². The highest BCUT2D eigenvalue weighted by Crippen LogP contribution is 2.11. The van der Waals surface area contributed by atoms with Crippen molar-refractivity contribution < 1.29 is 0 Å². The van der Waals surface area contributed by atoms with Crippen LogP contribution in [0.3, 0.4) is 0 Å². The third kappa shape index (κ3) is 2.50. The molecule has 58 valence electrons. The molecule has 0 bridgehead atoms. The van der Waals surface area contributed by atoms with Gasteiger partial charge in [-0.05, 0) is 31.8 Å². The van der Waals surface area contributed by atoms with E-state index in [1.165, 1.54) is 25.9 Å². The molecule has 0 amide bonds. The van der Waals surface area contributed by atoms with Crippen LogP contribution in [0.2, 0.25) is 0 Å². The quantitative estimate of drug-likeness (QED) is 0.548. The van der Waals surface area contributed by atoms with Gasteiger partial charge in [0.15, 0.2) is 0 Å². The lowest BCUT2D eigenvalue weighted by molar-refractivity contribution is 0.436. The second-order valence-electron chi connectivity index (χ2n) is 2.75. The van der Waals surface area contributed by atoms with Gasteiger partial charge in [0.25, 0.3) is 0 Å². The Hall–Kier alpha value is -0.340. The first-order valence-electron chi connectivity index (χ1n) is 4.01. The molecular formula is C8H16N2. The third-order valence-corrected chi connectivity index (χ3v) is 1.93. The van der Waals surface area contributed by atoms with Crippen molar-refractivity contribution in [2.75, 3.05) is 19.6 Å². The molecule has 0 aliphatic carbocycles. The van der Waals surface area contributed by atoms with Crippen molar-refractivity contribution in [3.63, 3.8) is 0 Å². The Morgan fingerprint density at radius 1 is 1.40 bits per heavy atom. The Morgan fingerprint density at radius 2 is 2.10 bits per heavy atom. The summed E-state index contributed by atoms with van der Waals surface area (Å²) in [5.41, 5.74) is 5.34. The number of allylic oxidation sites excluding steroid dienone is 1. The summed E-state index contributed by atoms with van der Waals surface area (Å²) in [4.78, 5) is 0. The smallest absolute Gasteiger partial charge is 0.0106 e. The molecule has 0 aromatic heterocycles. The van der Waals surface area contributed by atoms with Gasteiger partial charge >= 0.3 is 0 Å². The molecule has 1 aliphatic rings. The summed E-state index contributed by atoms with van der Waals surface area (Å²) in [7, 11) is 0. The summed E-state index contributed by atoms with van der Waals surface area (Å²) in [5.74, 6) is 0.782. The van der Waals surface area contributed by atoms with Gasteiger partial charge in [-0.3, -0.25) is 0 Å². The van der Waals surface area contributed by atoms with Crippen LogP contribution < -0.4 is 11.1 Å². The molecule has 1 saturated heterocycles. The predicted octanol–water partition coefficient (Wildman–Crippen LogP) is 0.501. The Labute approximate surface area is 62.5 Å². The van der Waals surface area contributed by atoms with Crippen LogP contribution in [0.5, 0.6) is 0 Å². The summed E-state index contributed by atoms with van der Waals surface area (Å²) in [6.07, 6.45) is 6.86. The molecule has 2 nitrogen and oxygen atoms in total. The lowest BCUT2D eigenvalue weighted by Crippen LogP contribution is -2.26.